The Morgan fingerprint density at radius 3 is 2.86 bits per heavy atom. The highest BCUT2D eigenvalue weighted by atomic mass is 19.1. The fourth-order valence-corrected chi connectivity index (χ4v) is 0.869. The molecule has 0 aliphatic rings. The lowest BCUT2D eigenvalue weighted by Gasteiger charge is -2.06. The average Bonchev–Trinajstić information content (AvgIpc) is 2.16. The highest BCUT2D eigenvalue weighted by molar-refractivity contribution is 5.88. The van der Waals surface area contributed by atoms with Crippen LogP contribution in [0.1, 0.15) is 10.4 Å². The highest BCUT2D eigenvalue weighted by Crippen LogP contribution is 2.18. The minimum Gasteiger partial charge on any atom is -0.478 e. The summed E-state index contributed by atoms with van der Waals surface area (Å²) in [7, 11) is 1.39. The van der Waals surface area contributed by atoms with Crippen LogP contribution in [0.2, 0.25) is 0 Å². The monoisotopic (exact) mass is 200 g/mol. The van der Waals surface area contributed by atoms with Crippen LogP contribution >= 0.6 is 0 Å². The summed E-state index contributed by atoms with van der Waals surface area (Å²) in [6.07, 6.45) is 0. The number of carbonyl (C=O) groups is 1. The van der Waals surface area contributed by atoms with Crippen LogP contribution in [0.3, 0.4) is 0 Å². The third-order valence-electron chi connectivity index (χ3n) is 1.51. The summed E-state index contributed by atoms with van der Waals surface area (Å²) in [6, 6.07) is 3.31. The molecule has 0 unspecified atom stereocenters. The Bertz CT molecular complexity index is 338. The summed E-state index contributed by atoms with van der Waals surface area (Å²) >= 11 is 0. The van der Waals surface area contributed by atoms with Crippen molar-refractivity contribution < 1.29 is 23.8 Å². The Labute approximate surface area is 79.9 Å². The van der Waals surface area contributed by atoms with Crippen LogP contribution in [0.5, 0.6) is 5.75 Å². The molecular weight excluding hydrogens is 191 g/mol. The second kappa shape index (κ2) is 4.57. The summed E-state index contributed by atoms with van der Waals surface area (Å²) < 4.78 is 22.4. The summed E-state index contributed by atoms with van der Waals surface area (Å²) in [5.41, 5.74) is -0.0301. The molecule has 1 aromatic carbocycles. The van der Waals surface area contributed by atoms with E-state index >= 15 is 0 Å². The quantitative estimate of drug-likeness (QED) is 0.748. The highest BCUT2D eigenvalue weighted by Gasteiger charge is 2.08. The van der Waals surface area contributed by atoms with Crippen molar-refractivity contribution in [1.29, 1.82) is 0 Å². The molecule has 1 rings (SSSR count). The minimum atomic E-state index is -1.13. The van der Waals surface area contributed by atoms with E-state index in [1.165, 1.54) is 7.11 Å². The molecule has 1 aromatic rings. The number of aromatic carboxylic acids is 1. The summed E-state index contributed by atoms with van der Waals surface area (Å²) in [4.78, 5) is 10.5. The molecule has 0 aliphatic carbocycles. The molecule has 4 nitrogen and oxygen atoms in total. The Morgan fingerprint density at radius 2 is 2.29 bits per heavy atom. The van der Waals surface area contributed by atoms with E-state index in [1.807, 2.05) is 0 Å². The zero-order valence-corrected chi connectivity index (χ0v) is 7.49. The van der Waals surface area contributed by atoms with E-state index in [-0.39, 0.29) is 18.1 Å². The Kier molecular flexibility index (Phi) is 3.41. The van der Waals surface area contributed by atoms with E-state index in [1.54, 1.807) is 0 Å². The number of rotatable bonds is 4. The van der Waals surface area contributed by atoms with Gasteiger partial charge in [0.2, 0.25) is 0 Å². The molecule has 0 saturated carbocycles. The first-order chi connectivity index (χ1) is 6.65. The number of carboxylic acids is 1. The molecule has 76 valence electrons. The van der Waals surface area contributed by atoms with Crippen molar-refractivity contribution in [2.45, 2.75) is 0 Å². The number of hydrogen-bond donors (Lipinski definition) is 1. The average molecular weight is 200 g/mol. The van der Waals surface area contributed by atoms with Gasteiger partial charge in [-0.05, 0) is 18.2 Å². The maximum absolute atomic E-state index is 13.0. The standard InChI is InChI=1S/C9H9FO4/c1-13-5-14-8-4-6(9(11)12)2-3-7(8)10/h2-4H,5H2,1H3,(H,11,12). The maximum Gasteiger partial charge on any atom is 0.335 e. The van der Waals surface area contributed by atoms with Crippen LogP contribution in [0, 0.1) is 5.82 Å². The molecule has 0 fully saturated rings. The topological polar surface area (TPSA) is 55.8 Å². The van der Waals surface area contributed by atoms with Crippen molar-refractivity contribution in [3.63, 3.8) is 0 Å². The number of ether oxygens (including phenoxy) is 2. The van der Waals surface area contributed by atoms with E-state index in [2.05, 4.69) is 4.74 Å². The van der Waals surface area contributed by atoms with E-state index in [0.29, 0.717) is 0 Å². The number of benzene rings is 1. The van der Waals surface area contributed by atoms with Crippen LogP contribution < -0.4 is 4.74 Å². The molecule has 14 heavy (non-hydrogen) atoms. The van der Waals surface area contributed by atoms with Gasteiger partial charge in [-0.1, -0.05) is 0 Å². The third-order valence-corrected chi connectivity index (χ3v) is 1.51. The molecule has 0 aromatic heterocycles. The first-order valence-electron chi connectivity index (χ1n) is 3.79. The zero-order chi connectivity index (χ0) is 10.6. The van der Waals surface area contributed by atoms with Crippen molar-refractivity contribution >= 4 is 5.97 Å². The fraction of sp³-hybridized carbons (Fsp3) is 0.222. The van der Waals surface area contributed by atoms with Crippen molar-refractivity contribution in [3.05, 3.63) is 29.6 Å². The van der Waals surface area contributed by atoms with Crippen LogP contribution in [-0.2, 0) is 4.74 Å². The number of hydrogen-bond acceptors (Lipinski definition) is 3. The third kappa shape index (κ3) is 2.43. The lowest BCUT2D eigenvalue weighted by Crippen LogP contribution is -2.03. The van der Waals surface area contributed by atoms with Crippen LogP contribution in [0.15, 0.2) is 18.2 Å². The summed E-state index contributed by atoms with van der Waals surface area (Å²) in [5, 5.41) is 8.62. The van der Waals surface area contributed by atoms with E-state index in [0.717, 1.165) is 18.2 Å². The first-order valence-corrected chi connectivity index (χ1v) is 3.79. The number of halogens is 1. The predicted octanol–water partition coefficient (Wildman–Crippen LogP) is 1.51. The molecule has 0 amide bonds. The second-order valence-corrected chi connectivity index (χ2v) is 2.50. The Hall–Kier alpha value is -1.62. The van der Waals surface area contributed by atoms with E-state index in [4.69, 9.17) is 9.84 Å². The lowest BCUT2D eigenvalue weighted by atomic mass is 10.2. The van der Waals surface area contributed by atoms with Gasteiger partial charge in [0.1, 0.15) is 0 Å². The van der Waals surface area contributed by atoms with Gasteiger partial charge in [-0.3, -0.25) is 0 Å². The van der Waals surface area contributed by atoms with Crippen molar-refractivity contribution in [2.24, 2.45) is 0 Å². The van der Waals surface area contributed by atoms with E-state index < -0.39 is 11.8 Å². The van der Waals surface area contributed by atoms with E-state index in [9.17, 15) is 9.18 Å². The molecule has 0 radical (unpaired) electrons. The smallest absolute Gasteiger partial charge is 0.335 e. The molecule has 0 heterocycles. The Balaban J connectivity index is 2.90. The minimum absolute atomic E-state index is 0.0301. The van der Waals surface area contributed by atoms with Gasteiger partial charge in [-0.25, -0.2) is 9.18 Å². The molecule has 0 atom stereocenters. The van der Waals surface area contributed by atoms with Gasteiger partial charge >= 0.3 is 5.97 Å². The first kappa shape index (κ1) is 10.5. The van der Waals surface area contributed by atoms with Gasteiger partial charge in [-0.2, -0.15) is 0 Å². The molecule has 0 aliphatic heterocycles. The summed E-state index contributed by atoms with van der Waals surface area (Å²) in [5.74, 6) is -1.88. The molecule has 0 saturated heterocycles. The SMILES string of the molecule is COCOc1cc(C(=O)O)ccc1F. The maximum atomic E-state index is 13.0. The number of methoxy groups -OCH3 is 1. The van der Waals surface area contributed by atoms with Crippen LogP contribution in [0.25, 0.3) is 0 Å². The van der Waals surface area contributed by atoms with Crippen molar-refractivity contribution in [2.75, 3.05) is 13.9 Å². The number of carboxylic acid groups (broad SMARTS) is 1. The molecule has 0 bridgehead atoms. The predicted molar refractivity (Wildman–Crippen MR) is 45.9 cm³/mol. The normalized spacial score (nSPS) is 9.86. The largest absolute Gasteiger partial charge is 0.478 e. The van der Waals surface area contributed by atoms with Crippen LogP contribution in [0.4, 0.5) is 4.39 Å². The summed E-state index contributed by atoms with van der Waals surface area (Å²) in [6.45, 7) is -0.125. The fourth-order valence-electron chi connectivity index (χ4n) is 0.869. The second-order valence-electron chi connectivity index (χ2n) is 2.50. The molecule has 1 N–H and O–H groups in total. The van der Waals surface area contributed by atoms with Gasteiger partial charge in [0.05, 0.1) is 5.56 Å². The van der Waals surface area contributed by atoms with Gasteiger partial charge in [0, 0.05) is 7.11 Å². The lowest BCUT2D eigenvalue weighted by molar-refractivity contribution is 0.0479. The zero-order valence-electron chi connectivity index (χ0n) is 7.49. The van der Waals surface area contributed by atoms with Gasteiger partial charge in [0.25, 0.3) is 0 Å². The van der Waals surface area contributed by atoms with Crippen LogP contribution in [-0.4, -0.2) is 25.0 Å². The van der Waals surface area contributed by atoms with Crippen molar-refractivity contribution in [3.8, 4) is 5.75 Å². The molecular formula is C9H9FO4. The molecule has 5 heteroatoms. The Morgan fingerprint density at radius 1 is 1.57 bits per heavy atom. The molecule has 0 spiro atoms. The van der Waals surface area contributed by atoms with Gasteiger partial charge in [-0.15, -0.1) is 0 Å². The van der Waals surface area contributed by atoms with Crippen molar-refractivity contribution in [1.82, 2.24) is 0 Å². The van der Waals surface area contributed by atoms with Gasteiger partial charge < -0.3 is 14.6 Å². The van der Waals surface area contributed by atoms with Gasteiger partial charge in [0.15, 0.2) is 18.4 Å².